The first-order chi connectivity index (χ1) is 10.3. The van der Waals surface area contributed by atoms with E-state index in [0.29, 0.717) is 16.0 Å². The van der Waals surface area contributed by atoms with Crippen LogP contribution in [0, 0.1) is 0 Å². The van der Waals surface area contributed by atoms with E-state index in [-0.39, 0.29) is 11.7 Å². The van der Waals surface area contributed by atoms with Gasteiger partial charge in [-0.3, -0.25) is 4.79 Å². The first-order valence-electron chi connectivity index (χ1n) is 5.96. The van der Waals surface area contributed by atoms with Crippen molar-refractivity contribution in [3.8, 4) is 5.82 Å². The van der Waals surface area contributed by atoms with Gasteiger partial charge in [0.1, 0.15) is 5.03 Å². The van der Waals surface area contributed by atoms with Gasteiger partial charge >= 0.3 is 0 Å². The van der Waals surface area contributed by atoms with Crippen molar-refractivity contribution < 1.29 is 4.79 Å². The molecule has 0 aliphatic heterocycles. The largest absolute Gasteiger partial charge is 0.301 e. The van der Waals surface area contributed by atoms with Gasteiger partial charge in [-0.1, -0.05) is 11.8 Å². The molecular weight excluding hydrogens is 308 g/mol. The lowest BCUT2D eigenvalue weighted by Gasteiger charge is -2.06. The number of thiazole rings is 1. The van der Waals surface area contributed by atoms with Gasteiger partial charge in [0.25, 0.3) is 0 Å². The summed E-state index contributed by atoms with van der Waals surface area (Å²) in [6.45, 7) is 0. The number of nitrogens with zero attached hydrogens (tertiary/aromatic N) is 5. The maximum Gasteiger partial charge on any atom is 0.236 e. The van der Waals surface area contributed by atoms with Gasteiger partial charge < -0.3 is 5.32 Å². The van der Waals surface area contributed by atoms with E-state index in [1.54, 1.807) is 47.1 Å². The van der Waals surface area contributed by atoms with E-state index in [2.05, 4.69) is 25.4 Å². The van der Waals surface area contributed by atoms with Crippen LogP contribution in [0.4, 0.5) is 5.13 Å². The second-order valence-corrected chi connectivity index (χ2v) is 5.67. The van der Waals surface area contributed by atoms with Crippen LogP contribution in [0.25, 0.3) is 5.82 Å². The second-order valence-electron chi connectivity index (χ2n) is 3.81. The maximum atomic E-state index is 11.8. The van der Waals surface area contributed by atoms with Gasteiger partial charge in [0.2, 0.25) is 5.91 Å². The quantitative estimate of drug-likeness (QED) is 0.723. The summed E-state index contributed by atoms with van der Waals surface area (Å²) in [4.78, 5) is 24.4. The summed E-state index contributed by atoms with van der Waals surface area (Å²) >= 11 is 2.69. The molecule has 0 unspecified atom stereocenters. The Hall–Kier alpha value is -2.26. The van der Waals surface area contributed by atoms with Crippen LogP contribution in [-0.4, -0.2) is 36.4 Å². The van der Waals surface area contributed by atoms with E-state index >= 15 is 0 Å². The van der Waals surface area contributed by atoms with Crippen molar-refractivity contribution in [2.45, 2.75) is 5.03 Å². The van der Waals surface area contributed by atoms with Gasteiger partial charge in [-0.25, -0.2) is 19.6 Å². The molecule has 9 heteroatoms. The maximum absolute atomic E-state index is 11.8. The molecule has 21 heavy (non-hydrogen) atoms. The van der Waals surface area contributed by atoms with Crippen LogP contribution in [0.2, 0.25) is 0 Å². The minimum absolute atomic E-state index is 0.132. The zero-order valence-electron chi connectivity index (χ0n) is 10.7. The lowest BCUT2D eigenvalue weighted by atomic mass is 10.6. The first-order valence-corrected chi connectivity index (χ1v) is 7.82. The van der Waals surface area contributed by atoms with Gasteiger partial charge in [-0.05, 0) is 6.07 Å². The molecule has 0 bridgehead atoms. The number of hydrogen-bond acceptors (Lipinski definition) is 7. The molecule has 1 N–H and O–H groups in total. The summed E-state index contributed by atoms with van der Waals surface area (Å²) < 4.78 is 1.62. The smallest absolute Gasteiger partial charge is 0.236 e. The summed E-state index contributed by atoms with van der Waals surface area (Å²) in [7, 11) is 0. The first kappa shape index (κ1) is 13.7. The third-order valence-corrected chi connectivity index (χ3v) is 4.04. The van der Waals surface area contributed by atoms with E-state index in [0.717, 1.165) is 0 Å². The molecule has 0 atom stereocenters. The van der Waals surface area contributed by atoms with E-state index in [4.69, 9.17) is 0 Å². The highest BCUT2D eigenvalue weighted by molar-refractivity contribution is 8.00. The number of carbonyl (C=O) groups is 1. The fraction of sp³-hybridized carbons (Fsp3) is 0.0833. The Morgan fingerprint density at radius 3 is 2.90 bits per heavy atom. The Labute approximate surface area is 128 Å². The Balaban J connectivity index is 1.67. The van der Waals surface area contributed by atoms with Crippen molar-refractivity contribution in [3.05, 3.63) is 42.4 Å². The molecular formula is C12H10N6OS2. The van der Waals surface area contributed by atoms with Crippen molar-refractivity contribution >= 4 is 34.1 Å². The Morgan fingerprint density at radius 1 is 1.24 bits per heavy atom. The molecule has 0 spiro atoms. The number of thioether (sulfide) groups is 1. The third kappa shape index (κ3) is 3.44. The fourth-order valence-electron chi connectivity index (χ4n) is 1.55. The fourth-order valence-corrected chi connectivity index (χ4v) is 2.84. The highest BCUT2D eigenvalue weighted by atomic mass is 32.2. The van der Waals surface area contributed by atoms with E-state index in [9.17, 15) is 4.79 Å². The number of amides is 1. The van der Waals surface area contributed by atoms with Crippen LogP contribution in [0.5, 0.6) is 0 Å². The SMILES string of the molecule is O=C(CSc1nccnc1-n1cccn1)Nc1nccs1. The summed E-state index contributed by atoms with van der Waals surface area (Å²) in [6, 6.07) is 1.80. The molecule has 0 radical (unpaired) electrons. The number of hydrogen-bond donors (Lipinski definition) is 1. The van der Waals surface area contributed by atoms with Crippen LogP contribution >= 0.6 is 23.1 Å². The van der Waals surface area contributed by atoms with Crippen LogP contribution in [-0.2, 0) is 4.79 Å². The topological polar surface area (TPSA) is 85.6 Å². The Kier molecular flexibility index (Phi) is 4.22. The van der Waals surface area contributed by atoms with Crippen molar-refractivity contribution in [2.75, 3.05) is 11.1 Å². The van der Waals surface area contributed by atoms with E-state index in [1.807, 2.05) is 0 Å². The molecule has 3 aromatic rings. The molecule has 0 aliphatic rings. The zero-order valence-corrected chi connectivity index (χ0v) is 12.3. The molecule has 106 valence electrons. The average Bonchev–Trinajstić information content (AvgIpc) is 3.18. The normalized spacial score (nSPS) is 10.5. The molecule has 3 rings (SSSR count). The Bertz CT molecular complexity index is 713. The molecule has 3 aromatic heterocycles. The predicted octanol–water partition coefficient (Wildman–Crippen LogP) is 1.85. The van der Waals surface area contributed by atoms with Crippen LogP contribution in [0.3, 0.4) is 0 Å². The minimum atomic E-state index is -0.132. The molecule has 1 amide bonds. The van der Waals surface area contributed by atoms with Crippen molar-refractivity contribution in [2.24, 2.45) is 0 Å². The Morgan fingerprint density at radius 2 is 2.14 bits per heavy atom. The van der Waals surface area contributed by atoms with Crippen molar-refractivity contribution in [1.29, 1.82) is 0 Å². The van der Waals surface area contributed by atoms with Crippen molar-refractivity contribution in [3.63, 3.8) is 0 Å². The van der Waals surface area contributed by atoms with E-state index < -0.39 is 0 Å². The molecule has 0 saturated carbocycles. The van der Waals surface area contributed by atoms with Gasteiger partial charge in [0, 0.05) is 36.4 Å². The minimum Gasteiger partial charge on any atom is -0.301 e. The van der Waals surface area contributed by atoms with E-state index in [1.165, 1.54) is 23.1 Å². The third-order valence-electron chi connectivity index (χ3n) is 2.39. The summed E-state index contributed by atoms with van der Waals surface area (Å²) in [6.07, 6.45) is 8.28. The van der Waals surface area contributed by atoms with Gasteiger partial charge in [0.15, 0.2) is 10.9 Å². The lowest BCUT2D eigenvalue weighted by molar-refractivity contribution is -0.113. The number of carbonyl (C=O) groups excluding carboxylic acids is 1. The zero-order chi connectivity index (χ0) is 14.5. The van der Waals surface area contributed by atoms with Gasteiger partial charge in [0.05, 0.1) is 5.75 Å². The van der Waals surface area contributed by atoms with Crippen LogP contribution in [0.15, 0.2) is 47.5 Å². The molecule has 0 saturated heterocycles. The van der Waals surface area contributed by atoms with Gasteiger partial charge in [-0.15, -0.1) is 11.3 Å². The molecule has 0 aromatic carbocycles. The lowest BCUT2D eigenvalue weighted by Crippen LogP contribution is -2.14. The summed E-state index contributed by atoms with van der Waals surface area (Å²) in [5.41, 5.74) is 0. The standard InChI is InChI=1S/C12H10N6OS2/c19-9(17-12-15-5-7-20-12)8-21-11-10(13-3-4-14-11)18-6-1-2-16-18/h1-7H,8H2,(H,15,17,19). The van der Waals surface area contributed by atoms with Crippen LogP contribution in [0.1, 0.15) is 0 Å². The summed E-state index contributed by atoms with van der Waals surface area (Å²) in [5.74, 6) is 0.702. The number of nitrogens with one attached hydrogen (secondary N) is 1. The number of rotatable bonds is 5. The number of aromatic nitrogens is 5. The van der Waals surface area contributed by atoms with Crippen LogP contribution < -0.4 is 5.32 Å². The van der Waals surface area contributed by atoms with Crippen molar-refractivity contribution in [1.82, 2.24) is 24.7 Å². The molecule has 0 fully saturated rings. The average molecular weight is 318 g/mol. The monoisotopic (exact) mass is 318 g/mol. The molecule has 3 heterocycles. The molecule has 0 aliphatic carbocycles. The number of anilines is 1. The highest BCUT2D eigenvalue weighted by Crippen LogP contribution is 2.21. The summed E-state index contributed by atoms with van der Waals surface area (Å²) in [5, 5.41) is 9.90. The predicted molar refractivity (Wildman–Crippen MR) is 80.6 cm³/mol. The van der Waals surface area contributed by atoms with Gasteiger partial charge in [-0.2, -0.15) is 5.10 Å². The second kappa shape index (κ2) is 6.46. The highest BCUT2D eigenvalue weighted by Gasteiger charge is 2.11. The molecule has 7 nitrogen and oxygen atoms in total.